The monoisotopic (exact) mass is 296 g/mol. The Morgan fingerprint density at radius 1 is 1.45 bits per heavy atom. The van der Waals surface area contributed by atoms with E-state index in [9.17, 15) is 9.59 Å². The molecule has 0 radical (unpaired) electrons. The van der Waals surface area contributed by atoms with E-state index in [1.165, 1.54) is 25.2 Å². The molecular formula is C14H20N2O3S. The van der Waals surface area contributed by atoms with Gasteiger partial charge in [0, 0.05) is 31.7 Å². The number of nitrogens with zero attached hydrogens (tertiary/aromatic N) is 1. The van der Waals surface area contributed by atoms with Crippen LogP contribution in [0.15, 0.2) is 17.5 Å². The van der Waals surface area contributed by atoms with Crippen LogP contribution in [0, 0.1) is 0 Å². The number of nitrogens with one attached hydrogen (secondary N) is 1. The van der Waals surface area contributed by atoms with E-state index in [-0.39, 0.29) is 17.8 Å². The summed E-state index contributed by atoms with van der Waals surface area (Å²) in [6, 6.07) is 0.0176. The van der Waals surface area contributed by atoms with E-state index in [0.29, 0.717) is 17.1 Å². The minimum atomic E-state index is -0.472. The second kappa shape index (κ2) is 7.31. The molecule has 0 bridgehead atoms. The maximum absolute atomic E-state index is 11.3. The number of ether oxygens (including phenoxy) is 1. The average Bonchev–Trinajstić information content (AvgIpc) is 2.82. The smallest absolute Gasteiger partial charge is 0.303 e. The van der Waals surface area contributed by atoms with Gasteiger partial charge < -0.3 is 10.1 Å². The van der Waals surface area contributed by atoms with Crippen LogP contribution in [0.25, 0.3) is 0 Å². The normalized spacial score (nSPS) is 13.6. The zero-order chi connectivity index (χ0) is 15.3. The number of ketones is 1. The van der Waals surface area contributed by atoms with Crippen LogP contribution in [-0.2, 0) is 9.53 Å². The fraction of sp³-hybridized carbons (Fsp3) is 0.500. The molecule has 0 unspecified atom stereocenters. The van der Waals surface area contributed by atoms with Crippen LogP contribution in [0.2, 0.25) is 0 Å². The van der Waals surface area contributed by atoms with Crippen LogP contribution < -0.4 is 5.32 Å². The van der Waals surface area contributed by atoms with Gasteiger partial charge in [0.05, 0.1) is 0 Å². The summed E-state index contributed by atoms with van der Waals surface area (Å²) in [5.74, 6) is -0.467. The standard InChI is InChI=1S/C14H20N2O3S/c1-8(2)11(15-5)6-13(19-10(4)18)14-16-12(7-20-14)9(3)17/h7,11,13,15H,1,6H2,2-5H3/t11-,13-/m1/s1. The molecule has 1 aromatic heterocycles. The first-order valence-electron chi connectivity index (χ1n) is 6.31. The van der Waals surface area contributed by atoms with Crippen molar-refractivity contribution in [1.29, 1.82) is 0 Å². The number of hydrogen-bond acceptors (Lipinski definition) is 6. The Hall–Kier alpha value is -1.53. The second-order valence-electron chi connectivity index (χ2n) is 4.65. The molecule has 0 aliphatic carbocycles. The largest absolute Gasteiger partial charge is 0.455 e. The Labute approximate surface area is 123 Å². The number of carbonyl (C=O) groups is 2. The highest BCUT2D eigenvalue weighted by atomic mass is 32.1. The summed E-state index contributed by atoms with van der Waals surface area (Å²) >= 11 is 1.33. The molecule has 110 valence electrons. The lowest BCUT2D eigenvalue weighted by Gasteiger charge is -2.22. The summed E-state index contributed by atoms with van der Waals surface area (Å²) in [6.07, 6.45) is 0.0655. The third-order valence-corrected chi connectivity index (χ3v) is 3.80. The molecule has 0 aliphatic rings. The average molecular weight is 296 g/mol. The summed E-state index contributed by atoms with van der Waals surface area (Å²) in [7, 11) is 1.83. The van der Waals surface area contributed by atoms with E-state index in [4.69, 9.17) is 4.74 Å². The summed E-state index contributed by atoms with van der Waals surface area (Å²) < 4.78 is 5.33. The van der Waals surface area contributed by atoms with Crippen molar-refractivity contribution in [2.45, 2.75) is 39.3 Å². The van der Waals surface area contributed by atoms with Crippen molar-refractivity contribution in [1.82, 2.24) is 10.3 Å². The van der Waals surface area contributed by atoms with Crippen molar-refractivity contribution in [3.63, 3.8) is 0 Å². The zero-order valence-electron chi connectivity index (χ0n) is 12.2. The molecular weight excluding hydrogens is 276 g/mol. The number of Topliss-reactive ketones (excluding diaryl/α,β-unsaturated/α-hetero) is 1. The van der Waals surface area contributed by atoms with Gasteiger partial charge in [-0.15, -0.1) is 11.3 Å². The molecule has 0 amide bonds. The molecule has 0 spiro atoms. The number of hydrogen-bond donors (Lipinski definition) is 1. The van der Waals surface area contributed by atoms with Crippen molar-refractivity contribution in [3.05, 3.63) is 28.2 Å². The van der Waals surface area contributed by atoms with Gasteiger partial charge in [-0.2, -0.15) is 0 Å². The first-order valence-corrected chi connectivity index (χ1v) is 7.19. The van der Waals surface area contributed by atoms with Gasteiger partial charge in [-0.1, -0.05) is 12.2 Å². The number of rotatable bonds is 7. The summed E-state index contributed by atoms with van der Waals surface area (Å²) in [6.45, 7) is 8.65. The molecule has 0 aromatic carbocycles. The predicted octanol–water partition coefficient (Wildman–Crippen LogP) is 2.50. The molecule has 0 fully saturated rings. The molecule has 20 heavy (non-hydrogen) atoms. The summed E-state index contributed by atoms with van der Waals surface area (Å²) in [5.41, 5.74) is 1.35. The molecule has 1 N–H and O–H groups in total. The van der Waals surface area contributed by atoms with Gasteiger partial charge in [-0.25, -0.2) is 4.98 Å². The Balaban J connectivity index is 2.95. The third-order valence-electron chi connectivity index (χ3n) is 2.86. The number of likely N-dealkylation sites (N-methyl/N-ethyl adjacent to an activating group) is 1. The van der Waals surface area contributed by atoms with Crippen molar-refractivity contribution in [2.24, 2.45) is 0 Å². The Kier molecular flexibility index (Phi) is 6.04. The van der Waals surface area contributed by atoms with Gasteiger partial charge in [0.1, 0.15) is 10.7 Å². The van der Waals surface area contributed by atoms with Crippen LogP contribution in [0.4, 0.5) is 0 Å². The van der Waals surface area contributed by atoms with Gasteiger partial charge in [-0.05, 0) is 14.0 Å². The van der Waals surface area contributed by atoms with E-state index in [2.05, 4.69) is 16.9 Å². The first kappa shape index (κ1) is 16.5. The zero-order valence-corrected chi connectivity index (χ0v) is 13.0. The molecule has 6 heteroatoms. The molecule has 5 nitrogen and oxygen atoms in total. The predicted molar refractivity (Wildman–Crippen MR) is 78.9 cm³/mol. The maximum atomic E-state index is 11.3. The fourth-order valence-corrected chi connectivity index (χ4v) is 2.67. The first-order chi connectivity index (χ1) is 9.35. The van der Waals surface area contributed by atoms with Gasteiger partial charge in [0.15, 0.2) is 11.9 Å². The van der Waals surface area contributed by atoms with Crippen LogP contribution >= 0.6 is 11.3 Å². The fourth-order valence-electron chi connectivity index (χ4n) is 1.78. The minimum Gasteiger partial charge on any atom is -0.455 e. The molecule has 2 atom stereocenters. The molecule has 0 saturated heterocycles. The van der Waals surface area contributed by atoms with Crippen molar-refractivity contribution < 1.29 is 14.3 Å². The van der Waals surface area contributed by atoms with Gasteiger partial charge in [0.25, 0.3) is 0 Å². The number of aromatic nitrogens is 1. The Bertz CT molecular complexity index is 510. The van der Waals surface area contributed by atoms with Crippen LogP contribution in [0.3, 0.4) is 0 Å². The molecule has 1 heterocycles. The SMILES string of the molecule is C=C(C)[C@@H](C[C@@H](OC(C)=O)c1nc(C(C)=O)cs1)NC. The molecule has 1 aromatic rings. The maximum Gasteiger partial charge on any atom is 0.303 e. The highest BCUT2D eigenvalue weighted by Crippen LogP contribution is 2.28. The Morgan fingerprint density at radius 2 is 2.10 bits per heavy atom. The number of carbonyl (C=O) groups excluding carboxylic acids is 2. The third kappa shape index (κ3) is 4.54. The topological polar surface area (TPSA) is 68.3 Å². The molecule has 0 aliphatic heterocycles. The van der Waals surface area contributed by atoms with Crippen molar-refractivity contribution in [2.75, 3.05) is 7.05 Å². The molecule has 1 rings (SSSR count). The lowest BCUT2D eigenvalue weighted by atomic mass is 10.0. The van der Waals surface area contributed by atoms with Crippen molar-refractivity contribution >= 4 is 23.1 Å². The second-order valence-corrected chi connectivity index (χ2v) is 5.54. The minimum absolute atomic E-state index is 0.0176. The summed E-state index contributed by atoms with van der Waals surface area (Å²) in [4.78, 5) is 26.8. The lowest BCUT2D eigenvalue weighted by molar-refractivity contribution is -0.147. The highest BCUT2D eigenvalue weighted by molar-refractivity contribution is 7.09. The van der Waals surface area contributed by atoms with Crippen LogP contribution in [0.5, 0.6) is 0 Å². The number of esters is 1. The van der Waals surface area contributed by atoms with Crippen LogP contribution in [-0.4, -0.2) is 29.8 Å². The highest BCUT2D eigenvalue weighted by Gasteiger charge is 2.23. The van der Waals surface area contributed by atoms with E-state index in [1.54, 1.807) is 5.38 Å². The van der Waals surface area contributed by atoms with Crippen LogP contribution in [0.1, 0.15) is 48.8 Å². The number of thiazole rings is 1. The van der Waals surface area contributed by atoms with E-state index in [0.717, 1.165) is 5.57 Å². The van der Waals surface area contributed by atoms with Gasteiger partial charge >= 0.3 is 5.97 Å². The quantitative estimate of drug-likeness (QED) is 0.475. The van der Waals surface area contributed by atoms with E-state index >= 15 is 0 Å². The van der Waals surface area contributed by atoms with E-state index in [1.807, 2.05) is 14.0 Å². The summed E-state index contributed by atoms with van der Waals surface area (Å²) in [5, 5.41) is 5.44. The molecule has 0 saturated carbocycles. The van der Waals surface area contributed by atoms with Gasteiger partial charge in [0.2, 0.25) is 0 Å². The van der Waals surface area contributed by atoms with E-state index < -0.39 is 6.10 Å². The van der Waals surface area contributed by atoms with Gasteiger partial charge in [-0.3, -0.25) is 9.59 Å². The lowest BCUT2D eigenvalue weighted by Crippen LogP contribution is -2.29. The Morgan fingerprint density at radius 3 is 2.50 bits per heavy atom. The van der Waals surface area contributed by atoms with Crippen molar-refractivity contribution in [3.8, 4) is 0 Å².